The zero-order valence-corrected chi connectivity index (χ0v) is 16.9. The van der Waals surface area contributed by atoms with E-state index in [1.54, 1.807) is 18.2 Å². The lowest BCUT2D eigenvalue weighted by Crippen LogP contribution is -2.39. The van der Waals surface area contributed by atoms with Gasteiger partial charge in [0.25, 0.3) is 0 Å². The van der Waals surface area contributed by atoms with Crippen LogP contribution in [0.1, 0.15) is 22.3 Å². The van der Waals surface area contributed by atoms with Crippen molar-refractivity contribution in [2.75, 3.05) is 23.7 Å². The van der Waals surface area contributed by atoms with Crippen LogP contribution in [0.3, 0.4) is 0 Å². The fourth-order valence-corrected chi connectivity index (χ4v) is 4.23. The van der Waals surface area contributed by atoms with Gasteiger partial charge in [0.2, 0.25) is 15.9 Å². The minimum Gasteiger partial charge on any atom is -0.354 e. The Morgan fingerprint density at radius 3 is 2.26 bits per heavy atom. The first-order chi connectivity index (χ1) is 12.6. The predicted octanol–water partition coefficient (Wildman–Crippen LogP) is 2.88. The summed E-state index contributed by atoms with van der Waals surface area (Å²) in [5.41, 5.74) is 3.71. The van der Waals surface area contributed by atoms with E-state index < -0.39 is 15.8 Å². The number of halogens is 1. The van der Waals surface area contributed by atoms with Crippen molar-refractivity contribution in [3.8, 4) is 0 Å². The van der Waals surface area contributed by atoms with Crippen molar-refractivity contribution in [3.05, 3.63) is 64.5 Å². The van der Waals surface area contributed by atoms with Gasteiger partial charge in [0.05, 0.1) is 24.9 Å². The van der Waals surface area contributed by atoms with Gasteiger partial charge in [0.1, 0.15) is 5.82 Å². The highest BCUT2D eigenvalue weighted by atomic mass is 32.2. The molecule has 0 saturated carbocycles. The van der Waals surface area contributed by atoms with Crippen LogP contribution in [0.15, 0.2) is 36.4 Å². The lowest BCUT2D eigenvalue weighted by Gasteiger charge is -2.26. The maximum atomic E-state index is 13.6. The number of amides is 1. The first-order valence-electron chi connectivity index (χ1n) is 8.65. The number of carbonyl (C=O) groups excluding carboxylic acids is 1. The summed E-state index contributed by atoms with van der Waals surface area (Å²) in [6, 6.07) is 9.94. The topological polar surface area (TPSA) is 66.5 Å². The Morgan fingerprint density at radius 1 is 1.11 bits per heavy atom. The van der Waals surface area contributed by atoms with Crippen LogP contribution in [0.5, 0.6) is 0 Å². The Kier molecular flexibility index (Phi) is 6.59. The molecule has 0 fully saturated rings. The fourth-order valence-electron chi connectivity index (χ4n) is 3.18. The second kappa shape index (κ2) is 8.52. The van der Waals surface area contributed by atoms with Crippen molar-refractivity contribution in [1.29, 1.82) is 0 Å². The van der Waals surface area contributed by atoms with E-state index in [2.05, 4.69) is 5.32 Å². The molecule has 0 atom stereocenters. The molecule has 0 heterocycles. The number of hydrogen-bond acceptors (Lipinski definition) is 3. The number of hydrogen-bond donors (Lipinski definition) is 1. The molecular weight excluding hydrogens is 367 g/mol. The van der Waals surface area contributed by atoms with Crippen LogP contribution in [0.2, 0.25) is 0 Å². The van der Waals surface area contributed by atoms with Crippen molar-refractivity contribution in [2.24, 2.45) is 0 Å². The molecule has 0 saturated heterocycles. The van der Waals surface area contributed by atoms with E-state index in [0.29, 0.717) is 11.3 Å². The predicted molar refractivity (Wildman–Crippen MR) is 106 cm³/mol. The minimum atomic E-state index is -3.52. The highest BCUT2D eigenvalue weighted by Gasteiger charge is 2.21. The standard InChI is InChI=1S/C20H25FN2O3S/c1-14-11-15(2)20(16(3)12-14)23(27(4,25)26)10-9-22-19(24)13-17-7-5-6-8-18(17)21/h5-8,11-12H,9-10,13H2,1-4H3,(H,22,24). The molecule has 1 N–H and O–H groups in total. The molecule has 5 nitrogen and oxygen atoms in total. The monoisotopic (exact) mass is 392 g/mol. The number of benzene rings is 2. The summed E-state index contributed by atoms with van der Waals surface area (Å²) in [6.45, 7) is 5.92. The highest BCUT2D eigenvalue weighted by molar-refractivity contribution is 7.92. The smallest absolute Gasteiger partial charge is 0.232 e. The number of nitrogens with one attached hydrogen (secondary N) is 1. The summed E-state index contributed by atoms with van der Waals surface area (Å²) in [5.74, 6) is -0.790. The van der Waals surface area contributed by atoms with Crippen molar-refractivity contribution in [3.63, 3.8) is 0 Å². The molecule has 0 aliphatic rings. The molecule has 2 rings (SSSR count). The molecule has 0 aromatic heterocycles. The third-order valence-electron chi connectivity index (χ3n) is 4.23. The van der Waals surface area contributed by atoms with E-state index in [1.165, 1.54) is 10.4 Å². The normalized spacial score (nSPS) is 11.3. The summed E-state index contributed by atoms with van der Waals surface area (Å²) in [4.78, 5) is 12.1. The van der Waals surface area contributed by atoms with Gasteiger partial charge >= 0.3 is 0 Å². The van der Waals surface area contributed by atoms with Crippen LogP contribution in [-0.4, -0.2) is 33.7 Å². The van der Waals surface area contributed by atoms with Gasteiger partial charge in [-0.25, -0.2) is 12.8 Å². The zero-order chi connectivity index (χ0) is 20.2. The average molecular weight is 392 g/mol. The van der Waals surface area contributed by atoms with Gasteiger partial charge in [-0.05, 0) is 43.5 Å². The SMILES string of the molecule is Cc1cc(C)c(N(CCNC(=O)Cc2ccccc2F)S(C)(=O)=O)c(C)c1. The fraction of sp³-hybridized carbons (Fsp3) is 0.350. The average Bonchev–Trinajstić information content (AvgIpc) is 2.53. The number of nitrogens with zero attached hydrogens (tertiary/aromatic N) is 1. The van der Waals surface area contributed by atoms with Crippen molar-refractivity contribution in [2.45, 2.75) is 27.2 Å². The summed E-state index contributed by atoms with van der Waals surface area (Å²) in [7, 11) is -3.52. The highest BCUT2D eigenvalue weighted by Crippen LogP contribution is 2.27. The van der Waals surface area contributed by atoms with Gasteiger partial charge < -0.3 is 5.32 Å². The molecule has 2 aromatic rings. The van der Waals surface area contributed by atoms with E-state index in [1.807, 2.05) is 32.9 Å². The first kappa shape index (κ1) is 20.9. The minimum absolute atomic E-state index is 0.0892. The molecular formula is C20H25FN2O3S. The second-order valence-corrected chi connectivity index (χ2v) is 8.61. The van der Waals surface area contributed by atoms with E-state index in [9.17, 15) is 17.6 Å². The summed E-state index contributed by atoms with van der Waals surface area (Å²) >= 11 is 0. The molecule has 27 heavy (non-hydrogen) atoms. The maximum Gasteiger partial charge on any atom is 0.232 e. The van der Waals surface area contributed by atoms with Gasteiger partial charge in [-0.1, -0.05) is 35.9 Å². The molecule has 0 bridgehead atoms. The van der Waals surface area contributed by atoms with Crippen LogP contribution in [0, 0.1) is 26.6 Å². The van der Waals surface area contributed by atoms with Crippen LogP contribution in [0.25, 0.3) is 0 Å². The Labute approximate surface area is 160 Å². The Balaban J connectivity index is 2.09. The van der Waals surface area contributed by atoms with E-state index >= 15 is 0 Å². The number of sulfonamides is 1. The molecule has 146 valence electrons. The largest absolute Gasteiger partial charge is 0.354 e. The maximum absolute atomic E-state index is 13.6. The Bertz CT molecular complexity index is 919. The van der Waals surface area contributed by atoms with Crippen LogP contribution < -0.4 is 9.62 Å². The van der Waals surface area contributed by atoms with E-state index in [0.717, 1.165) is 22.9 Å². The lowest BCUT2D eigenvalue weighted by atomic mass is 10.1. The van der Waals surface area contributed by atoms with Gasteiger partial charge in [0, 0.05) is 6.54 Å². The van der Waals surface area contributed by atoms with Crippen molar-refractivity contribution >= 4 is 21.6 Å². The van der Waals surface area contributed by atoms with Gasteiger partial charge in [-0.15, -0.1) is 0 Å². The Morgan fingerprint density at radius 2 is 1.70 bits per heavy atom. The molecule has 2 aromatic carbocycles. The van der Waals surface area contributed by atoms with Crippen LogP contribution >= 0.6 is 0 Å². The number of anilines is 1. The first-order valence-corrected chi connectivity index (χ1v) is 10.5. The molecule has 0 unspecified atom stereocenters. The Hall–Kier alpha value is -2.41. The molecule has 0 spiro atoms. The number of aryl methyl sites for hydroxylation is 3. The van der Waals surface area contributed by atoms with E-state index in [4.69, 9.17) is 0 Å². The molecule has 0 radical (unpaired) electrons. The van der Waals surface area contributed by atoms with Gasteiger partial charge in [0.15, 0.2) is 0 Å². The summed E-state index contributed by atoms with van der Waals surface area (Å²) < 4.78 is 39.5. The second-order valence-electron chi connectivity index (χ2n) is 6.70. The molecule has 0 aliphatic heterocycles. The van der Waals surface area contributed by atoms with Gasteiger partial charge in [-0.3, -0.25) is 9.10 Å². The van der Waals surface area contributed by atoms with E-state index in [-0.39, 0.29) is 25.4 Å². The van der Waals surface area contributed by atoms with Crippen molar-refractivity contribution < 1.29 is 17.6 Å². The summed E-state index contributed by atoms with van der Waals surface area (Å²) in [5, 5.41) is 2.67. The molecule has 0 aliphatic carbocycles. The molecule has 7 heteroatoms. The third-order valence-corrected chi connectivity index (χ3v) is 5.40. The van der Waals surface area contributed by atoms with Gasteiger partial charge in [-0.2, -0.15) is 0 Å². The quantitative estimate of drug-likeness (QED) is 0.788. The van der Waals surface area contributed by atoms with Crippen molar-refractivity contribution in [1.82, 2.24) is 5.32 Å². The molecule has 1 amide bonds. The summed E-state index contributed by atoms with van der Waals surface area (Å²) in [6.07, 6.45) is 1.06. The number of carbonyl (C=O) groups is 1. The van der Waals surface area contributed by atoms with Crippen LogP contribution in [-0.2, 0) is 21.2 Å². The lowest BCUT2D eigenvalue weighted by molar-refractivity contribution is -0.120. The third kappa shape index (κ3) is 5.53. The zero-order valence-electron chi connectivity index (χ0n) is 16.0. The van der Waals surface area contributed by atoms with Crippen LogP contribution in [0.4, 0.5) is 10.1 Å². The number of rotatable bonds is 7.